The van der Waals surface area contributed by atoms with Gasteiger partial charge in [-0.15, -0.1) is 0 Å². The minimum absolute atomic E-state index is 0.269. The summed E-state index contributed by atoms with van der Waals surface area (Å²) in [6, 6.07) is 0. The third-order valence-electron chi connectivity index (χ3n) is 6.77. The highest BCUT2D eigenvalue weighted by Crippen LogP contribution is 2.68. The van der Waals surface area contributed by atoms with Gasteiger partial charge in [-0.3, -0.25) is 0 Å². The van der Waals surface area contributed by atoms with Gasteiger partial charge in [0.15, 0.2) is 0 Å². The molecule has 0 bridgehead atoms. The van der Waals surface area contributed by atoms with Gasteiger partial charge in [-0.2, -0.15) is 0 Å². The molecule has 0 saturated carbocycles. The molecule has 1 nitrogen and oxygen atoms in total. The van der Waals surface area contributed by atoms with E-state index in [1.807, 2.05) is 0 Å². The van der Waals surface area contributed by atoms with E-state index in [-0.39, 0.29) is 8.57 Å². The third-order valence-corrected chi connectivity index (χ3v) is 40.8. The van der Waals surface area contributed by atoms with Crippen LogP contribution >= 0.6 is 0 Å². The largest absolute Gasteiger partial charge is 0.388 e. The predicted molar refractivity (Wildman–Crippen MR) is 114 cm³/mol. The normalized spacial score (nSPS) is 23.0. The molecule has 6 heteroatoms. The Labute approximate surface area is 145 Å². The standard InChI is InChI=1S/C16H40OSi5/c1-19(2,3)15(20(4,5)6)13-14-16(18(15)17,21(7,8)9)22(10,11)12/h13-14H2,1-12H3. The molecule has 0 spiro atoms. The Morgan fingerprint density at radius 2 is 0.727 bits per heavy atom. The van der Waals surface area contributed by atoms with Gasteiger partial charge in [-0.1, -0.05) is 78.6 Å². The zero-order valence-corrected chi connectivity index (χ0v) is 22.3. The molecule has 0 atom stereocenters. The maximum atomic E-state index is 14.5. The second-order valence-corrected chi connectivity index (χ2v) is 38.4. The molecule has 0 radical (unpaired) electrons. The first kappa shape index (κ1) is 20.9. The van der Waals surface area contributed by atoms with Crippen molar-refractivity contribution >= 4 is 41.0 Å². The van der Waals surface area contributed by atoms with Gasteiger partial charge < -0.3 is 4.46 Å². The van der Waals surface area contributed by atoms with Crippen LogP contribution in [0.3, 0.4) is 0 Å². The van der Waals surface area contributed by atoms with E-state index in [0.717, 1.165) is 0 Å². The molecule has 1 saturated heterocycles. The molecule has 0 amide bonds. The van der Waals surface area contributed by atoms with E-state index < -0.39 is 41.0 Å². The van der Waals surface area contributed by atoms with Gasteiger partial charge in [0, 0.05) is 8.57 Å². The first-order valence-electron chi connectivity index (χ1n) is 8.91. The van der Waals surface area contributed by atoms with Crippen molar-refractivity contribution in [1.29, 1.82) is 0 Å². The zero-order valence-electron chi connectivity index (χ0n) is 17.3. The second-order valence-electron chi connectivity index (χ2n) is 11.6. The van der Waals surface area contributed by atoms with Crippen molar-refractivity contribution in [2.75, 3.05) is 0 Å². The van der Waals surface area contributed by atoms with Gasteiger partial charge in [0.1, 0.15) is 0 Å². The molecular formula is C16H40OSi5. The lowest BCUT2D eigenvalue weighted by molar-refractivity contribution is 0.550. The maximum Gasteiger partial charge on any atom is 0.278 e. The van der Waals surface area contributed by atoms with E-state index in [1.54, 1.807) is 0 Å². The minimum atomic E-state index is -1.58. The summed E-state index contributed by atoms with van der Waals surface area (Å²) in [5.41, 5.74) is 0. The van der Waals surface area contributed by atoms with Gasteiger partial charge in [-0.05, 0) is 12.8 Å². The summed E-state index contributed by atoms with van der Waals surface area (Å²) in [5, 5.41) is 0. The second kappa shape index (κ2) is 5.44. The quantitative estimate of drug-likeness (QED) is 0.524. The van der Waals surface area contributed by atoms with E-state index in [1.165, 1.54) is 12.8 Å². The smallest absolute Gasteiger partial charge is 0.278 e. The first-order chi connectivity index (χ1) is 9.36. The SMILES string of the molecule is C[Si](C)(C)C1([Si](C)(C)C)CCC([Si](C)(C)C)([Si](C)(C)C)[Si]1=O. The topological polar surface area (TPSA) is 17.1 Å². The molecule has 1 aliphatic heterocycles. The van der Waals surface area contributed by atoms with Gasteiger partial charge in [-0.25, -0.2) is 0 Å². The fourth-order valence-electron chi connectivity index (χ4n) is 6.08. The van der Waals surface area contributed by atoms with Crippen LogP contribution < -0.4 is 0 Å². The summed E-state index contributed by atoms with van der Waals surface area (Å²) in [4.78, 5) is 0. The highest BCUT2D eigenvalue weighted by molar-refractivity contribution is 7.18. The molecule has 1 aliphatic rings. The van der Waals surface area contributed by atoms with Crippen molar-refractivity contribution in [3.05, 3.63) is 0 Å². The molecule has 0 aromatic heterocycles. The lowest BCUT2D eigenvalue weighted by Crippen LogP contribution is -2.65. The Kier molecular flexibility index (Phi) is 5.18. The Hall–Kier alpha value is 0.884. The molecular weight excluding hydrogens is 349 g/mol. The lowest BCUT2D eigenvalue weighted by atomic mass is 10.4. The zero-order chi connectivity index (χ0) is 18.0. The average molecular weight is 389 g/mol. The molecule has 1 heterocycles. The summed E-state index contributed by atoms with van der Waals surface area (Å²) in [7, 11) is -7.51. The molecule has 130 valence electrons. The highest BCUT2D eigenvalue weighted by Gasteiger charge is 2.73. The van der Waals surface area contributed by atoms with Gasteiger partial charge in [0.05, 0.1) is 32.3 Å². The van der Waals surface area contributed by atoms with Crippen molar-refractivity contribution in [3.8, 4) is 0 Å². The fraction of sp³-hybridized carbons (Fsp3) is 1.00. The van der Waals surface area contributed by atoms with Crippen LogP contribution in [0.15, 0.2) is 0 Å². The summed E-state index contributed by atoms with van der Waals surface area (Å²) in [5.74, 6) is 0. The van der Waals surface area contributed by atoms with Crippen LogP contribution in [0.1, 0.15) is 12.8 Å². The lowest BCUT2D eigenvalue weighted by Gasteiger charge is -2.53. The van der Waals surface area contributed by atoms with Crippen LogP contribution in [0.4, 0.5) is 0 Å². The highest BCUT2D eigenvalue weighted by atomic mass is 28.5. The van der Waals surface area contributed by atoms with E-state index in [0.29, 0.717) is 0 Å². The molecule has 0 N–H and O–H groups in total. The van der Waals surface area contributed by atoms with E-state index in [9.17, 15) is 4.46 Å². The Morgan fingerprint density at radius 1 is 0.545 bits per heavy atom. The van der Waals surface area contributed by atoms with Crippen molar-refractivity contribution < 1.29 is 4.46 Å². The minimum Gasteiger partial charge on any atom is -0.388 e. The Bertz CT molecular complexity index is 387. The number of hydrogen-bond acceptors (Lipinski definition) is 1. The van der Waals surface area contributed by atoms with E-state index in [4.69, 9.17) is 0 Å². The van der Waals surface area contributed by atoms with Crippen LogP contribution in [-0.2, 0) is 4.46 Å². The average Bonchev–Trinajstić information content (AvgIpc) is 2.49. The maximum absolute atomic E-state index is 14.5. The van der Waals surface area contributed by atoms with Gasteiger partial charge in [0.25, 0.3) is 8.68 Å². The third kappa shape index (κ3) is 2.64. The van der Waals surface area contributed by atoms with Crippen LogP contribution in [-0.4, -0.2) is 41.0 Å². The molecule has 0 aromatic carbocycles. The molecule has 0 aliphatic carbocycles. The van der Waals surface area contributed by atoms with Crippen molar-refractivity contribution in [1.82, 2.24) is 0 Å². The molecule has 1 fully saturated rings. The van der Waals surface area contributed by atoms with Crippen molar-refractivity contribution in [2.45, 2.75) is 100.0 Å². The van der Waals surface area contributed by atoms with Crippen LogP contribution in [0.25, 0.3) is 0 Å². The van der Waals surface area contributed by atoms with Crippen LogP contribution in [0.2, 0.25) is 87.1 Å². The fourth-order valence-corrected chi connectivity index (χ4v) is 44.0. The van der Waals surface area contributed by atoms with Gasteiger partial charge >= 0.3 is 0 Å². The van der Waals surface area contributed by atoms with E-state index in [2.05, 4.69) is 78.6 Å². The van der Waals surface area contributed by atoms with E-state index >= 15 is 0 Å². The molecule has 1 rings (SSSR count). The molecule has 0 unspecified atom stereocenters. The van der Waals surface area contributed by atoms with Crippen LogP contribution in [0, 0.1) is 0 Å². The summed E-state index contributed by atoms with van der Waals surface area (Å²) in [6.45, 7) is 30.1. The molecule has 22 heavy (non-hydrogen) atoms. The Balaban J connectivity index is 3.73. The van der Waals surface area contributed by atoms with Crippen molar-refractivity contribution in [2.24, 2.45) is 0 Å². The summed E-state index contributed by atoms with van der Waals surface area (Å²) < 4.78 is 15.0. The number of rotatable bonds is 4. The molecule has 0 aromatic rings. The predicted octanol–water partition coefficient (Wildman–Crippen LogP) is 6.19. The van der Waals surface area contributed by atoms with Gasteiger partial charge in [0.2, 0.25) is 0 Å². The Morgan fingerprint density at radius 3 is 0.818 bits per heavy atom. The monoisotopic (exact) mass is 388 g/mol. The number of hydrogen-bond donors (Lipinski definition) is 0. The van der Waals surface area contributed by atoms with Crippen LogP contribution in [0.5, 0.6) is 0 Å². The first-order valence-corrected chi connectivity index (χ1v) is 24.3. The summed E-state index contributed by atoms with van der Waals surface area (Å²) in [6.07, 6.45) is 2.57. The summed E-state index contributed by atoms with van der Waals surface area (Å²) >= 11 is 0. The van der Waals surface area contributed by atoms with Crippen molar-refractivity contribution in [3.63, 3.8) is 0 Å².